The summed E-state index contributed by atoms with van der Waals surface area (Å²) in [5.74, 6) is 1.27. The normalized spacial score (nSPS) is 9.89. The first-order chi connectivity index (χ1) is 4.33. The van der Waals surface area contributed by atoms with Gasteiger partial charge in [0.05, 0.1) is 12.8 Å². The highest BCUT2D eigenvalue weighted by Gasteiger charge is 1.93. The maximum atomic E-state index is 8.43. The van der Waals surface area contributed by atoms with Crippen LogP contribution in [0.25, 0.3) is 0 Å². The van der Waals surface area contributed by atoms with Gasteiger partial charge < -0.3 is 15.8 Å². The third kappa shape index (κ3) is 1.43. The molecule has 0 aliphatic carbocycles. The molecule has 0 aliphatic rings. The molecule has 1 heterocycles. The molecule has 0 bridgehead atoms. The highest BCUT2D eigenvalue weighted by atomic mass is 16.3. The van der Waals surface area contributed by atoms with E-state index in [9.17, 15) is 0 Å². The van der Waals surface area contributed by atoms with E-state index >= 15 is 0 Å². The monoisotopic (exact) mass is 127 g/mol. The Morgan fingerprint density at radius 1 is 1.78 bits per heavy atom. The lowest BCUT2D eigenvalue weighted by molar-refractivity contribution is 0.297. The number of anilines is 1. The second kappa shape index (κ2) is 2.50. The summed E-state index contributed by atoms with van der Waals surface area (Å²) in [5.41, 5.74) is 5.31. The Morgan fingerprint density at radius 3 is 3.00 bits per heavy atom. The SMILES string of the molecule is Nc1cnc(CCO)[nH]1. The number of aliphatic hydroxyl groups excluding tert-OH is 1. The number of nitrogens with one attached hydrogen (secondary N) is 1. The molecule has 0 fully saturated rings. The zero-order valence-corrected chi connectivity index (χ0v) is 4.96. The standard InChI is InChI=1S/C5H9N3O/c6-4-3-7-5(8-4)1-2-9/h3,9H,1-2,6H2,(H,7,8). The molecule has 0 aromatic carbocycles. The van der Waals surface area contributed by atoms with Crippen molar-refractivity contribution in [3.63, 3.8) is 0 Å². The van der Waals surface area contributed by atoms with Gasteiger partial charge in [0.1, 0.15) is 11.6 Å². The first kappa shape index (κ1) is 6.10. The zero-order chi connectivity index (χ0) is 6.69. The summed E-state index contributed by atoms with van der Waals surface area (Å²) in [4.78, 5) is 6.65. The van der Waals surface area contributed by atoms with Crippen LogP contribution in [-0.4, -0.2) is 21.7 Å². The molecule has 4 nitrogen and oxygen atoms in total. The van der Waals surface area contributed by atoms with Gasteiger partial charge in [-0.3, -0.25) is 0 Å². The third-order valence-electron chi connectivity index (χ3n) is 0.997. The van der Waals surface area contributed by atoms with Gasteiger partial charge in [-0.25, -0.2) is 4.98 Å². The number of aliphatic hydroxyl groups is 1. The topological polar surface area (TPSA) is 74.9 Å². The maximum Gasteiger partial charge on any atom is 0.120 e. The molecule has 0 atom stereocenters. The molecule has 0 aliphatic heterocycles. The van der Waals surface area contributed by atoms with E-state index in [2.05, 4.69) is 9.97 Å². The van der Waals surface area contributed by atoms with Crippen molar-refractivity contribution in [2.24, 2.45) is 0 Å². The zero-order valence-electron chi connectivity index (χ0n) is 4.96. The fraction of sp³-hybridized carbons (Fsp3) is 0.400. The summed E-state index contributed by atoms with van der Waals surface area (Å²) in [5, 5.41) is 8.43. The highest BCUT2D eigenvalue weighted by molar-refractivity contribution is 5.24. The minimum absolute atomic E-state index is 0.104. The Bertz CT molecular complexity index is 184. The van der Waals surface area contributed by atoms with Crippen molar-refractivity contribution in [1.82, 2.24) is 9.97 Å². The van der Waals surface area contributed by atoms with Crippen molar-refractivity contribution >= 4 is 5.82 Å². The van der Waals surface area contributed by atoms with Gasteiger partial charge in [-0.15, -0.1) is 0 Å². The molecule has 1 rings (SSSR count). The first-order valence-corrected chi connectivity index (χ1v) is 2.73. The number of nitrogen functional groups attached to an aromatic ring is 1. The minimum atomic E-state index is 0.104. The van der Waals surface area contributed by atoms with Crippen LogP contribution in [0.3, 0.4) is 0 Å². The molecule has 0 radical (unpaired) electrons. The van der Waals surface area contributed by atoms with Crippen molar-refractivity contribution in [3.05, 3.63) is 12.0 Å². The maximum absolute atomic E-state index is 8.43. The molecule has 0 spiro atoms. The number of hydrogen-bond donors (Lipinski definition) is 3. The predicted molar refractivity (Wildman–Crippen MR) is 33.8 cm³/mol. The minimum Gasteiger partial charge on any atom is -0.396 e. The van der Waals surface area contributed by atoms with Crippen molar-refractivity contribution in [2.45, 2.75) is 6.42 Å². The fourth-order valence-electron chi connectivity index (χ4n) is 0.612. The predicted octanol–water partition coefficient (Wildman–Crippen LogP) is -0.473. The Balaban J connectivity index is 2.61. The quantitative estimate of drug-likeness (QED) is 0.502. The van der Waals surface area contributed by atoms with Crippen LogP contribution < -0.4 is 5.73 Å². The smallest absolute Gasteiger partial charge is 0.120 e. The fourth-order valence-corrected chi connectivity index (χ4v) is 0.612. The lowest BCUT2D eigenvalue weighted by atomic mass is 10.4. The van der Waals surface area contributed by atoms with Crippen LogP contribution in [-0.2, 0) is 6.42 Å². The third-order valence-corrected chi connectivity index (χ3v) is 0.997. The van der Waals surface area contributed by atoms with E-state index in [4.69, 9.17) is 10.8 Å². The number of nitrogens with two attached hydrogens (primary N) is 1. The van der Waals surface area contributed by atoms with E-state index in [0.717, 1.165) is 5.82 Å². The summed E-state index contributed by atoms with van der Waals surface area (Å²) < 4.78 is 0. The Labute approximate surface area is 52.7 Å². The molecule has 4 N–H and O–H groups in total. The average Bonchev–Trinajstić information content (AvgIpc) is 2.17. The molecule has 9 heavy (non-hydrogen) atoms. The summed E-state index contributed by atoms with van der Waals surface area (Å²) >= 11 is 0. The van der Waals surface area contributed by atoms with Crippen LogP contribution in [0.1, 0.15) is 5.82 Å². The van der Waals surface area contributed by atoms with Crippen molar-refractivity contribution < 1.29 is 5.11 Å². The summed E-state index contributed by atoms with van der Waals surface area (Å²) in [6, 6.07) is 0. The highest BCUT2D eigenvalue weighted by Crippen LogP contribution is 1.96. The molecule has 0 saturated carbocycles. The molecule has 0 unspecified atom stereocenters. The van der Waals surface area contributed by atoms with Gasteiger partial charge in [0.25, 0.3) is 0 Å². The molecule has 1 aromatic rings. The number of rotatable bonds is 2. The van der Waals surface area contributed by atoms with E-state index in [1.54, 1.807) is 0 Å². The van der Waals surface area contributed by atoms with Crippen LogP contribution in [0, 0.1) is 0 Å². The first-order valence-electron chi connectivity index (χ1n) is 2.73. The summed E-state index contributed by atoms with van der Waals surface area (Å²) in [7, 11) is 0. The largest absolute Gasteiger partial charge is 0.396 e. The van der Waals surface area contributed by atoms with E-state index < -0.39 is 0 Å². The molecular formula is C5H9N3O. The van der Waals surface area contributed by atoms with Gasteiger partial charge in [0.2, 0.25) is 0 Å². The second-order valence-corrected chi connectivity index (χ2v) is 1.76. The Morgan fingerprint density at radius 2 is 2.56 bits per heavy atom. The van der Waals surface area contributed by atoms with Crippen LogP contribution >= 0.6 is 0 Å². The lowest BCUT2D eigenvalue weighted by Gasteiger charge is -1.87. The second-order valence-electron chi connectivity index (χ2n) is 1.76. The van der Waals surface area contributed by atoms with Crippen molar-refractivity contribution in [2.75, 3.05) is 12.3 Å². The molecule has 50 valence electrons. The van der Waals surface area contributed by atoms with E-state index in [1.807, 2.05) is 0 Å². The van der Waals surface area contributed by atoms with Gasteiger partial charge in [-0.05, 0) is 0 Å². The van der Waals surface area contributed by atoms with Crippen molar-refractivity contribution in [3.8, 4) is 0 Å². The molecule has 0 amide bonds. The number of H-pyrrole nitrogens is 1. The van der Waals surface area contributed by atoms with Crippen LogP contribution in [0.5, 0.6) is 0 Å². The van der Waals surface area contributed by atoms with Gasteiger partial charge >= 0.3 is 0 Å². The Hall–Kier alpha value is -1.03. The summed E-state index contributed by atoms with van der Waals surface area (Å²) in [6.45, 7) is 0.104. The molecule has 0 saturated heterocycles. The number of aromatic amines is 1. The van der Waals surface area contributed by atoms with Crippen LogP contribution in [0.2, 0.25) is 0 Å². The number of nitrogens with zero attached hydrogens (tertiary/aromatic N) is 1. The van der Waals surface area contributed by atoms with Gasteiger partial charge in [0, 0.05) is 6.42 Å². The van der Waals surface area contributed by atoms with E-state index in [0.29, 0.717) is 12.2 Å². The number of imidazole rings is 1. The van der Waals surface area contributed by atoms with Crippen molar-refractivity contribution in [1.29, 1.82) is 0 Å². The van der Waals surface area contributed by atoms with Gasteiger partial charge in [-0.1, -0.05) is 0 Å². The summed E-state index contributed by atoms with van der Waals surface area (Å²) in [6.07, 6.45) is 2.07. The van der Waals surface area contributed by atoms with E-state index in [1.165, 1.54) is 6.20 Å². The molecule has 4 heteroatoms. The van der Waals surface area contributed by atoms with Crippen LogP contribution in [0.4, 0.5) is 5.82 Å². The van der Waals surface area contributed by atoms with Gasteiger partial charge in [0.15, 0.2) is 0 Å². The lowest BCUT2D eigenvalue weighted by Crippen LogP contribution is -1.92. The van der Waals surface area contributed by atoms with Crippen LogP contribution in [0.15, 0.2) is 6.20 Å². The van der Waals surface area contributed by atoms with Gasteiger partial charge in [-0.2, -0.15) is 0 Å². The number of hydrogen-bond acceptors (Lipinski definition) is 3. The average molecular weight is 127 g/mol. The molecule has 1 aromatic heterocycles. The molecular weight excluding hydrogens is 118 g/mol. The number of aromatic nitrogens is 2. The Kier molecular flexibility index (Phi) is 1.69. The van der Waals surface area contributed by atoms with E-state index in [-0.39, 0.29) is 6.61 Å².